The third-order valence-corrected chi connectivity index (χ3v) is 5.66. The monoisotopic (exact) mass is 373 g/mol. The van der Waals surface area contributed by atoms with Crippen molar-refractivity contribution in [1.82, 2.24) is 25.2 Å². The van der Waals surface area contributed by atoms with E-state index < -0.39 is 0 Å². The zero-order valence-corrected chi connectivity index (χ0v) is 16.0. The van der Waals surface area contributed by atoms with Gasteiger partial charge in [-0.05, 0) is 31.2 Å². The molecule has 0 saturated carbocycles. The van der Waals surface area contributed by atoms with Crippen molar-refractivity contribution in [2.45, 2.75) is 50.9 Å². The van der Waals surface area contributed by atoms with Gasteiger partial charge in [0.1, 0.15) is 0 Å². The van der Waals surface area contributed by atoms with Crippen molar-refractivity contribution in [1.29, 1.82) is 0 Å². The number of likely N-dealkylation sites (tertiary alicyclic amines) is 1. The Morgan fingerprint density at radius 3 is 2.89 bits per heavy atom. The van der Waals surface area contributed by atoms with Crippen molar-refractivity contribution in [3.05, 3.63) is 29.7 Å². The van der Waals surface area contributed by atoms with Crippen molar-refractivity contribution in [2.75, 3.05) is 26.3 Å². The van der Waals surface area contributed by atoms with Gasteiger partial charge in [0.25, 0.3) is 0 Å². The molecule has 1 N–H and O–H groups in total. The number of nitrogens with one attached hydrogen (secondary N) is 1. The zero-order valence-electron chi connectivity index (χ0n) is 16.0. The van der Waals surface area contributed by atoms with Crippen LogP contribution < -0.4 is 0 Å². The van der Waals surface area contributed by atoms with Crippen LogP contribution in [0.4, 0.5) is 0 Å². The van der Waals surface area contributed by atoms with Crippen LogP contribution in [-0.2, 0) is 14.9 Å². The number of rotatable bonds is 5. The number of carbonyl (C=O) groups is 1. The number of aromatic amines is 1. The average Bonchev–Trinajstić information content (AvgIpc) is 3.36. The van der Waals surface area contributed by atoms with Crippen LogP contribution in [0.2, 0.25) is 0 Å². The van der Waals surface area contributed by atoms with E-state index in [1.165, 1.54) is 0 Å². The first kappa shape index (κ1) is 18.2. The number of aromatic nitrogens is 4. The second-order valence-electron chi connectivity index (χ2n) is 8.05. The van der Waals surface area contributed by atoms with Crippen LogP contribution in [0.3, 0.4) is 0 Å². The average molecular weight is 373 g/mol. The molecule has 2 aromatic heterocycles. The summed E-state index contributed by atoms with van der Waals surface area (Å²) >= 11 is 0. The normalized spacial score (nSPS) is 23.1. The highest BCUT2D eigenvalue weighted by Gasteiger charge is 2.43. The topological polar surface area (TPSA) is 97.1 Å². The van der Waals surface area contributed by atoms with Crippen molar-refractivity contribution in [2.24, 2.45) is 5.92 Å². The Morgan fingerprint density at radius 1 is 1.37 bits per heavy atom. The van der Waals surface area contributed by atoms with Gasteiger partial charge in [0.2, 0.25) is 11.8 Å². The minimum Gasteiger partial charge on any atom is -0.381 e. The summed E-state index contributed by atoms with van der Waals surface area (Å²) < 4.78 is 11.3. The summed E-state index contributed by atoms with van der Waals surface area (Å²) in [5.74, 6) is 2.12. The van der Waals surface area contributed by atoms with Gasteiger partial charge in [0, 0.05) is 44.8 Å². The number of carbonyl (C=O) groups excluding carboxylic acids is 1. The minimum atomic E-state index is -0.373. The first-order valence-corrected chi connectivity index (χ1v) is 9.78. The third-order valence-electron chi connectivity index (χ3n) is 5.66. The number of nitrogens with zero attached hydrogens (tertiary/aromatic N) is 4. The molecule has 27 heavy (non-hydrogen) atoms. The molecule has 0 bridgehead atoms. The van der Waals surface area contributed by atoms with E-state index in [1.807, 2.05) is 11.0 Å². The fraction of sp³-hybridized carbons (Fsp3) is 0.684. The van der Waals surface area contributed by atoms with Gasteiger partial charge in [0.15, 0.2) is 5.82 Å². The molecular formula is C19H27N5O3. The van der Waals surface area contributed by atoms with Gasteiger partial charge >= 0.3 is 0 Å². The smallest absolute Gasteiger partial charge is 0.239 e. The van der Waals surface area contributed by atoms with E-state index in [1.54, 1.807) is 6.20 Å². The summed E-state index contributed by atoms with van der Waals surface area (Å²) in [7, 11) is 0. The number of amides is 1. The lowest BCUT2D eigenvalue weighted by Gasteiger charge is -2.33. The number of H-pyrrole nitrogens is 1. The molecule has 8 nitrogen and oxygen atoms in total. The Balaban J connectivity index is 1.58. The highest BCUT2D eigenvalue weighted by atomic mass is 16.5. The number of piperidine rings is 1. The quantitative estimate of drug-likeness (QED) is 0.863. The fourth-order valence-electron chi connectivity index (χ4n) is 4.18. The Bertz CT molecular complexity index is 764. The van der Waals surface area contributed by atoms with E-state index in [4.69, 9.17) is 14.2 Å². The van der Waals surface area contributed by atoms with Gasteiger partial charge in [-0.15, -0.1) is 0 Å². The Hall–Kier alpha value is -2.22. The van der Waals surface area contributed by atoms with Crippen molar-refractivity contribution in [3.8, 4) is 0 Å². The molecule has 4 rings (SSSR count). The summed E-state index contributed by atoms with van der Waals surface area (Å²) in [5, 5.41) is 11.5. The predicted molar refractivity (Wildman–Crippen MR) is 97.1 cm³/mol. The molecule has 2 fully saturated rings. The van der Waals surface area contributed by atoms with E-state index in [2.05, 4.69) is 29.2 Å². The molecule has 146 valence electrons. The van der Waals surface area contributed by atoms with Crippen LogP contribution in [0.1, 0.15) is 62.9 Å². The first-order chi connectivity index (χ1) is 13.1. The molecule has 2 aromatic rings. The van der Waals surface area contributed by atoms with Crippen molar-refractivity contribution >= 4 is 5.91 Å². The SMILES string of the molecule is CC(C)CN1CC(c2noc(C3(c4ccn[nH]4)CCOCC3)n2)CCC1=O. The molecule has 1 unspecified atom stereocenters. The maximum atomic E-state index is 12.2. The second-order valence-corrected chi connectivity index (χ2v) is 8.05. The van der Waals surface area contributed by atoms with E-state index in [-0.39, 0.29) is 17.2 Å². The molecular weight excluding hydrogens is 346 g/mol. The maximum Gasteiger partial charge on any atom is 0.239 e. The second kappa shape index (κ2) is 7.42. The van der Waals surface area contributed by atoms with Crippen molar-refractivity contribution < 1.29 is 14.1 Å². The van der Waals surface area contributed by atoms with Crippen LogP contribution in [0.25, 0.3) is 0 Å². The number of hydrogen-bond acceptors (Lipinski definition) is 6. The lowest BCUT2D eigenvalue weighted by atomic mass is 9.77. The molecule has 0 spiro atoms. The van der Waals surface area contributed by atoms with Crippen LogP contribution in [-0.4, -0.2) is 57.4 Å². The Kier molecular flexibility index (Phi) is 4.99. The zero-order chi connectivity index (χ0) is 18.9. The molecule has 1 amide bonds. The van der Waals surface area contributed by atoms with Gasteiger partial charge in [0.05, 0.1) is 11.1 Å². The van der Waals surface area contributed by atoms with Crippen LogP contribution in [0, 0.1) is 5.92 Å². The van der Waals surface area contributed by atoms with Gasteiger partial charge in [-0.3, -0.25) is 9.89 Å². The number of hydrogen-bond donors (Lipinski definition) is 1. The largest absolute Gasteiger partial charge is 0.381 e. The first-order valence-electron chi connectivity index (χ1n) is 9.78. The van der Waals surface area contributed by atoms with Crippen molar-refractivity contribution in [3.63, 3.8) is 0 Å². The molecule has 0 aromatic carbocycles. The Morgan fingerprint density at radius 2 is 2.19 bits per heavy atom. The van der Waals surface area contributed by atoms with E-state index in [0.29, 0.717) is 43.8 Å². The molecule has 2 saturated heterocycles. The highest BCUT2D eigenvalue weighted by Crippen LogP contribution is 2.40. The lowest BCUT2D eigenvalue weighted by Crippen LogP contribution is -2.41. The van der Waals surface area contributed by atoms with Gasteiger partial charge in [-0.1, -0.05) is 19.0 Å². The van der Waals surface area contributed by atoms with Crippen LogP contribution in [0.15, 0.2) is 16.8 Å². The highest BCUT2D eigenvalue weighted by molar-refractivity contribution is 5.77. The third kappa shape index (κ3) is 3.50. The molecule has 0 radical (unpaired) electrons. The number of ether oxygens (including phenoxy) is 1. The summed E-state index contributed by atoms with van der Waals surface area (Å²) in [5.41, 5.74) is 0.614. The van der Waals surface area contributed by atoms with E-state index in [9.17, 15) is 4.79 Å². The summed E-state index contributed by atoms with van der Waals surface area (Å²) in [4.78, 5) is 18.9. The summed E-state index contributed by atoms with van der Waals surface area (Å²) in [6.45, 7) is 6.99. The van der Waals surface area contributed by atoms with Gasteiger partial charge in [-0.25, -0.2) is 0 Å². The fourth-order valence-corrected chi connectivity index (χ4v) is 4.18. The Labute approximate surface area is 158 Å². The summed E-state index contributed by atoms with van der Waals surface area (Å²) in [6, 6.07) is 1.97. The lowest BCUT2D eigenvalue weighted by molar-refractivity contribution is -0.134. The van der Waals surface area contributed by atoms with E-state index in [0.717, 1.165) is 31.5 Å². The maximum absolute atomic E-state index is 12.2. The molecule has 2 aliphatic heterocycles. The molecule has 0 aliphatic carbocycles. The molecule has 4 heterocycles. The van der Waals surface area contributed by atoms with Gasteiger partial charge < -0.3 is 14.2 Å². The molecule has 8 heteroatoms. The van der Waals surface area contributed by atoms with Crippen LogP contribution in [0.5, 0.6) is 0 Å². The van der Waals surface area contributed by atoms with Gasteiger partial charge in [-0.2, -0.15) is 10.1 Å². The standard InChI is InChI=1S/C19H27N5O3/c1-13(2)11-24-12-14(3-4-16(24)25)17-21-18(27-23-17)19(6-9-26-10-7-19)15-5-8-20-22-15/h5,8,13-14H,3-4,6-7,9-12H2,1-2H3,(H,20,22). The van der Waals surface area contributed by atoms with E-state index >= 15 is 0 Å². The molecule has 1 atom stereocenters. The molecule has 2 aliphatic rings. The minimum absolute atomic E-state index is 0.123. The predicted octanol–water partition coefficient (Wildman–Crippen LogP) is 2.25. The van der Waals surface area contributed by atoms with Crippen LogP contribution >= 0.6 is 0 Å². The summed E-state index contributed by atoms with van der Waals surface area (Å²) in [6.07, 6.45) is 4.62.